The SMILES string of the molecule is CCN(c1nc(Cl)cs1)C1CCNC1. The van der Waals surface area contributed by atoms with E-state index in [1.165, 1.54) is 6.42 Å². The van der Waals surface area contributed by atoms with Crippen molar-refractivity contribution >= 4 is 28.1 Å². The molecule has 1 atom stereocenters. The molecule has 14 heavy (non-hydrogen) atoms. The maximum absolute atomic E-state index is 5.83. The Hall–Kier alpha value is -0.320. The van der Waals surface area contributed by atoms with E-state index in [2.05, 4.69) is 22.1 Å². The predicted molar refractivity (Wildman–Crippen MR) is 61.4 cm³/mol. The highest BCUT2D eigenvalue weighted by molar-refractivity contribution is 7.14. The van der Waals surface area contributed by atoms with E-state index in [-0.39, 0.29) is 0 Å². The number of anilines is 1. The third-order valence-electron chi connectivity index (χ3n) is 2.53. The Morgan fingerprint density at radius 1 is 1.79 bits per heavy atom. The number of hydrogen-bond acceptors (Lipinski definition) is 4. The van der Waals surface area contributed by atoms with Crippen molar-refractivity contribution in [2.24, 2.45) is 0 Å². The van der Waals surface area contributed by atoms with Crippen LogP contribution in [-0.4, -0.2) is 30.7 Å². The summed E-state index contributed by atoms with van der Waals surface area (Å²) in [7, 11) is 0. The Kier molecular flexibility index (Phi) is 3.26. The zero-order valence-corrected chi connectivity index (χ0v) is 9.74. The highest BCUT2D eigenvalue weighted by atomic mass is 35.5. The first-order chi connectivity index (χ1) is 6.81. The number of hydrogen-bond donors (Lipinski definition) is 1. The van der Waals surface area contributed by atoms with E-state index in [4.69, 9.17) is 11.6 Å². The van der Waals surface area contributed by atoms with Gasteiger partial charge in [0, 0.05) is 24.5 Å². The van der Waals surface area contributed by atoms with E-state index in [0.29, 0.717) is 11.2 Å². The van der Waals surface area contributed by atoms with Crippen LogP contribution < -0.4 is 10.2 Å². The first-order valence-electron chi connectivity index (χ1n) is 4.89. The second-order valence-electron chi connectivity index (χ2n) is 3.39. The monoisotopic (exact) mass is 231 g/mol. The average molecular weight is 232 g/mol. The zero-order valence-electron chi connectivity index (χ0n) is 8.16. The largest absolute Gasteiger partial charge is 0.344 e. The summed E-state index contributed by atoms with van der Waals surface area (Å²) >= 11 is 7.45. The Morgan fingerprint density at radius 3 is 3.14 bits per heavy atom. The molecular weight excluding hydrogens is 218 g/mol. The van der Waals surface area contributed by atoms with Crippen LogP contribution in [0.3, 0.4) is 0 Å². The van der Waals surface area contributed by atoms with Crippen LogP contribution in [-0.2, 0) is 0 Å². The topological polar surface area (TPSA) is 28.2 Å². The van der Waals surface area contributed by atoms with Gasteiger partial charge in [-0.3, -0.25) is 0 Å². The minimum absolute atomic E-state index is 0.585. The van der Waals surface area contributed by atoms with E-state index >= 15 is 0 Å². The van der Waals surface area contributed by atoms with Crippen molar-refractivity contribution in [3.05, 3.63) is 10.5 Å². The molecule has 0 amide bonds. The fourth-order valence-corrected chi connectivity index (χ4v) is 2.92. The summed E-state index contributed by atoms with van der Waals surface area (Å²) in [6.07, 6.45) is 1.20. The van der Waals surface area contributed by atoms with Gasteiger partial charge in [0.1, 0.15) is 5.15 Å². The second-order valence-corrected chi connectivity index (χ2v) is 4.61. The van der Waals surface area contributed by atoms with Gasteiger partial charge in [-0.25, -0.2) is 4.98 Å². The summed E-state index contributed by atoms with van der Waals surface area (Å²) in [5.41, 5.74) is 0. The molecule has 1 fully saturated rings. The summed E-state index contributed by atoms with van der Waals surface area (Å²) < 4.78 is 0. The third kappa shape index (κ3) is 2.02. The highest BCUT2D eigenvalue weighted by Gasteiger charge is 2.23. The molecule has 5 heteroatoms. The summed E-state index contributed by atoms with van der Waals surface area (Å²) in [6, 6.07) is 0.585. The fraction of sp³-hybridized carbons (Fsp3) is 0.667. The standard InChI is InChI=1S/C9H14ClN3S/c1-2-13(7-3-4-11-5-7)9-12-8(10)6-14-9/h6-7,11H,2-5H2,1H3. The lowest BCUT2D eigenvalue weighted by molar-refractivity contribution is 0.646. The van der Waals surface area contributed by atoms with Crippen molar-refractivity contribution in [2.45, 2.75) is 19.4 Å². The van der Waals surface area contributed by atoms with Crippen molar-refractivity contribution in [1.82, 2.24) is 10.3 Å². The maximum Gasteiger partial charge on any atom is 0.187 e. The van der Waals surface area contributed by atoms with Gasteiger partial charge in [-0.05, 0) is 19.9 Å². The first-order valence-corrected chi connectivity index (χ1v) is 6.15. The molecule has 1 aromatic heterocycles. The molecule has 2 rings (SSSR count). The minimum Gasteiger partial charge on any atom is -0.344 e. The van der Waals surface area contributed by atoms with Crippen LogP contribution in [0.1, 0.15) is 13.3 Å². The van der Waals surface area contributed by atoms with Crippen LogP contribution >= 0.6 is 22.9 Å². The number of thiazole rings is 1. The molecule has 3 nitrogen and oxygen atoms in total. The van der Waals surface area contributed by atoms with Gasteiger partial charge in [0.05, 0.1) is 0 Å². The van der Waals surface area contributed by atoms with Crippen LogP contribution in [0.2, 0.25) is 5.15 Å². The Labute approximate surface area is 93.1 Å². The Morgan fingerprint density at radius 2 is 2.64 bits per heavy atom. The quantitative estimate of drug-likeness (QED) is 0.863. The fourth-order valence-electron chi connectivity index (χ4n) is 1.83. The molecule has 1 aliphatic rings. The van der Waals surface area contributed by atoms with Crippen molar-refractivity contribution < 1.29 is 0 Å². The van der Waals surface area contributed by atoms with Crippen LogP contribution in [0.25, 0.3) is 0 Å². The summed E-state index contributed by atoms with van der Waals surface area (Å²) in [6.45, 7) is 5.33. The van der Waals surface area contributed by atoms with Crippen LogP contribution in [0, 0.1) is 0 Å². The van der Waals surface area contributed by atoms with Gasteiger partial charge in [-0.15, -0.1) is 11.3 Å². The lowest BCUT2D eigenvalue weighted by Gasteiger charge is -2.26. The lowest BCUT2D eigenvalue weighted by atomic mass is 10.2. The Bertz CT molecular complexity index is 296. The normalized spacial score (nSPS) is 21.4. The van der Waals surface area contributed by atoms with Crippen LogP contribution in [0.5, 0.6) is 0 Å². The van der Waals surface area contributed by atoms with E-state index in [0.717, 1.165) is 24.8 Å². The number of nitrogens with zero attached hydrogens (tertiary/aromatic N) is 2. The van der Waals surface area contributed by atoms with Crippen molar-refractivity contribution in [2.75, 3.05) is 24.5 Å². The number of nitrogens with one attached hydrogen (secondary N) is 1. The van der Waals surface area contributed by atoms with E-state index in [1.54, 1.807) is 11.3 Å². The van der Waals surface area contributed by atoms with Gasteiger partial charge < -0.3 is 10.2 Å². The molecule has 0 bridgehead atoms. The van der Waals surface area contributed by atoms with Crippen LogP contribution in [0.15, 0.2) is 5.38 Å². The van der Waals surface area contributed by atoms with E-state index in [1.807, 2.05) is 5.38 Å². The van der Waals surface area contributed by atoms with Gasteiger partial charge in [-0.1, -0.05) is 11.6 Å². The summed E-state index contributed by atoms with van der Waals surface area (Å²) in [5, 5.41) is 6.91. The van der Waals surface area contributed by atoms with Crippen LogP contribution in [0.4, 0.5) is 5.13 Å². The number of rotatable bonds is 3. The van der Waals surface area contributed by atoms with Crippen molar-refractivity contribution in [1.29, 1.82) is 0 Å². The molecule has 1 aliphatic heterocycles. The van der Waals surface area contributed by atoms with Crippen molar-refractivity contribution in [3.8, 4) is 0 Å². The summed E-state index contributed by atoms with van der Waals surface area (Å²) in [5.74, 6) is 0. The molecule has 1 unspecified atom stereocenters. The average Bonchev–Trinajstić information content (AvgIpc) is 2.79. The maximum atomic E-state index is 5.83. The molecular formula is C9H14ClN3S. The number of halogens is 1. The number of aromatic nitrogens is 1. The molecule has 0 aliphatic carbocycles. The summed E-state index contributed by atoms with van der Waals surface area (Å²) in [4.78, 5) is 6.64. The Balaban J connectivity index is 2.12. The first kappa shape index (κ1) is 10.2. The molecule has 0 saturated carbocycles. The second kappa shape index (κ2) is 4.47. The van der Waals surface area contributed by atoms with Crippen molar-refractivity contribution in [3.63, 3.8) is 0 Å². The molecule has 1 aromatic rings. The van der Waals surface area contributed by atoms with Gasteiger partial charge in [0.2, 0.25) is 0 Å². The third-order valence-corrected chi connectivity index (χ3v) is 3.73. The molecule has 1 N–H and O–H groups in total. The molecule has 0 radical (unpaired) electrons. The van der Waals surface area contributed by atoms with E-state index in [9.17, 15) is 0 Å². The number of likely N-dealkylation sites (N-methyl/N-ethyl adjacent to an activating group) is 1. The highest BCUT2D eigenvalue weighted by Crippen LogP contribution is 2.26. The zero-order chi connectivity index (χ0) is 9.97. The smallest absolute Gasteiger partial charge is 0.187 e. The minimum atomic E-state index is 0.585. The molecule has 1 saturated heterocycles. The lowest BCUT2D eigenvalue weighted by Crippen LogP contribution is -2.36. The van der Waals surface area contributed by atoms with Gasteiger partial charge in [-0.2, -0.15) is 0 Å². The van der Waals surface area contributed by atoms with Gasteiger partial charge in [0.15, 0.2) is 5.13 Å². The van der Waals surface area contributed by atoms with Gasteiger partial charge >= 0.3 is 0 Å². The molecule has 0 spiro atoms. The van der Waals surface area contributed by atoms with E-state index < -0.39 is 0 Å². The molecule has 78 valence electrons. The molecule has 2 heterocycles. The molecule has 0 aromatic carbocycles. The predicted octanol–water partition coefficient (Wildman–Crippen LogP) is 1.98. The van der Waals surface area contributed by atoms with Gasteiger partial charge in [0.25, 0.3) is 0 Å².